The lowest BCUT2D eigenvalue weighted by Gasteiger charge is -2.34. The number of piperidine rings is 1. The van der Waals surface area contributed by atoms with E-state index in [1.54, 1.807) is 27.9 Å². The summed E-state index contributed by atoms with van der Waals surface area (Å²) in [4.78, 5) is 22.8. The van der Waals surface area contributed by atoms with Crippen LogP contribution in [0, 0.1) is 5.92 Å². The molecule has 2 amide bonds. The smallest absolute Gasteiger partial charge is 0.321 e. The van der Waals surface area contributed by atoms with Crippen LogP contribution in [0.5, 0.6) is 0 Å². The van der Waals surface area contributed by atoms with E-state index in [9.17, 15) is 9.90 Å². The van der Waals surface area contributed by atoms with E-state index in [0.29, 0.717) is 18.9 Å². The third-order valence-electron chi connectivity index (χ3n) is 4.98. The zero-order valence-corrected chi connectivity index (χ0v) is 15.3. The second-order valence-corrected chi connectivity index (χ2v) is 7.52. The van der Waals surface area contributed by atoms with Crippen LogP contribution in [0.25, 0.3) is 10.2 Å². The number of thiazole rings is 1. The van der Waals surface area contributed by atoms with E-state index in [2.05, 4.69) is 15.3 Å². The van der Waals surface area contributed by atoms with Crippen LogP contribution in [0.15, 0.2) is 36.1 Å². The molecule has 0 saturated carbocycles. The van der Waals surface area contributed by atoms with Crippen LogP contribution in [-0.2, 0) is 7.05 Å². The first-order chi connectivity index (χ1) is 12.6. The third kappa shape index (κ3) is 3.30. The van der Waals surface area contributed by atoms with Gasteiger partial charge in [0.1, 0.15) is 11.9 Å². The minimum absolute atomic E-state index is 0.107. The number of benzene rings is 1. The van der Waals surface area contributed by atoms with Crippen LogP contribution < -0.4 is 5.32 Å². The molecule has 1 atom stereocenters. The first-order valence-electron chi connectivity index (χ1n) is 8.66. The van der Waals surface area contributed by atoms with Crippen LogP contribution in [0.4, 0.5) is 10.5 Å². The van der Waals surface area contributed by atoms with Gasteiger partial charge < -0.3 is 19.9 Å². The van der Waals surface area contributed by atoms with Crippen LogP contribution in [-0.4, -0.2) is 43.7 Å². The van der Waals surface area contributed by atoms with Crippen LogP contribution in [0.3, 0.4) is 0 Å². The Bertz CT molecular complexity index is 913. The van der Waals surface area contributed by atoms with Gasteiger partial charge in [-0.05, 0) is 37.0 Å². The Labute approximate surface area is 155 Å². The predicted octanol–water partition coefficient (Wildman–Crippen LogP) is 3.01. The number of rotatable bonds is 3. The first kappa shape index (κ1) is 17.0. The van der Waals surface area contributed by atoms with Crippen molar-refractivity contribution in [3.63, 3.8) is 0 Å². The lowest BCUT2D eigenvalue weighted by atomic mass is 9.91. The highest BCUT2D eigenvalue weighted by Gasteiger charge is 2.30. The summed E-state index contributed by atoms with van der Waals surface area (Å²) >= 11 is 1.58. The molecule has 7 nitrogen and oxygen atoms in total. The summed E-state index contributed by atoms with van der Waals surface area (Å²) in [6, 6.07) is 5.65. The molecule has 0 unspecified atom stereocenters. The molecule has 1 fully saturated rings. The van der Waals surface area contributed by atoms with Crippen molar-refractivity contribution in [3.05, 3.63) is 41.9 Å². The quantitative estimate of drug-likeness (QED) is 0.741. The summed E-state index contributed by atoms with van der Waals surface area (Å²) < 4.78 is 2.95. The van der Waals surface area contributed by atoms with Crippen molar-refractivity contribution in [2.75, 3.05) is 18.4 Å². The highest BCUT2D eigenvalue weighted by Crippen LogP contribution is 2.30. The van der Waals surface area contributed by atoms with Crippen molar-refractivity contribution in [1.82, 2.24) is 19.4 Å². The molecule has 2 aromatic heterocycles. The number of imidazole rings is 1. The van der Waals surface area contributed by atoms with Crippen molar-refractivity contribution in [2.45, 2.75) is 18.9 Å². The molecule has 1 aromatic carbocycles. The number of aryl methyl sites for hydroxylation is 1. The molecule has 3 heterocycles. The molecule has 0 bridgehead atoms. The lowest BCUT2D eigenvalue weighted by molar-refractivity contribution is 0.0600. The van der Waals surface area contributed by atoms with Crippen molar-refractivity contribution < 1.29 is 9.90 Å². The molecular weight excluding hydrogens is 350 g/mol. The van der Waals surface area contributed by atoms with Gasteiger partial charge in [-0.1, -0.05) is 0 Å². The monoisotopic (exact) mass is 371 g/mol. The number of carbonyl (C=O) groups excluding carboxylic acids is 1. The van der Waals surface area contributed by atoms with E-state index in [1.165, 1.54) is 0 Å². The number of fused-ring (bicyclic) bond motifs is 1. The minimum Gasteiger partial charge on any atom is -0.385 e. The predicted molar refractivity (Wildman–Crippen MR) is 101 cm³/mol. The second kappa shape index (κ2) is 7.05. The molecule has 1 aliphatic rings. The summed E-state index contributed by atoms with van der Waals surface area (Å²) in [5.41, 5.74) is 3.45. The molecule has 1 aliphatic heterocycles. The molecule has 2 N–H and O–H groups in total. The first-order valence-corrected chi connectivity index (χ1v) is 9.54. The number of likely N-dealkylation sites (tertiary alicyclic amines) is 1. The van der Waals surface area contributed by atoms with Gasteiger partial charge in [0, 0.05) is 38.2 Å². The van der Waals surface area contributed by atoms with Gasteiger partial charge in [-0.15, -0.1) is 11.3 Å². The second-order valence-electron chi connectivity index (χ2n) is 6.63. The summed E-state index contributed by atoms with van der Waals surface area (Å²) in [7, 11) is 1.88. The van der Waals surface area contributed by atoms with Gasteiger partial charge in [-0.2, -0.15) is 0 Å². The maximum Gasteiger partial charge on any atom is 0.321 e. The third-order valence-corrected chi connectivity index (χ3v) is 5.79. The molecule has 1 saturated heterocycles. The Kier molecular flexibility index (Phi) is 4.60. The fourth-order valence-corrected chi connectivity index (χ4v) is 4.09. The number of urea groups is 1. The fraction of sp³-hybridized carbons (Fsp3) is 0.389. The molecule has 0 spiro atoms. The number of hydrogen-bond donors (Lipinski definition) is 2. The Morgan fingerprint density at radius 2 is 2.15 bits per heavy atom. The number of anilines is 1. The number of nitrogens with zero attached hydrogens (tertiary/aromatic N) is 4. The van der Waals surface area contributed by atoms with Gasteiger partial charge >= 0.3 is 6.03 Å². The molecule has 136 valence electrons. The van der Waals surface area contributed by atoms with Gasteiger partial charge in [0.15, 0.2) is 0 Å². The molecule has 3 aromatic rings. The maximum atomic E-state index is 12.5. The van der Waals surface area contributed by atoms with E-state index in [4.69, 9.17) is 0 Å². The zero-order valence-electron chi connectivity index (χ0n) is 14.5. The van der Waals surface area contributed by atoms with E-state index < -0.39 is 6.10 Å². The topological polar surface area (TPSA) is 83.3 Å². The van der Waals surface area contributed by atoms with Crippen molar-refractivity contribution >= 4 is 33.3 Å². The lowest BCUT2D eigenvalue weighted by Crippen LogP contribution is -2.42. The number of amides is 2. The summed E-state index contributed by atoms with van der Waals surface area (Å²) in [5.74, 6) is 0.802. The molecule has 8 heteroatoms. The van der Waals surface area contributed by atoms with Crippen molar-refractivity contribution in [3.8, 4) is 0 Å². The molecule has 0 aliphatic carbocycles. The van der Waals surface area contributed by atoms with Crippen LogP contribution >= 0.6 is 11.3 Å². The Morgan fingerprint density at radius 3 is 2.88 bits per heavy atom. The summed E-state index contributed by atoms with van der Waals surface area (Å²) in [6.45, 7) is 1.24. The number of nitrogens with one attached hydrogen (secondary N) is 1. The SMILES string of the molecule is Cn1ccnc1[C@@H](O)C1CCN(C(=O)Nc2ccc3scnc3c2)CC1. The molecular formula is C18H21N5O2S. The van der Waals surface area contributed by atoms with Crippen LogP contribution in [0.2, 0.25) is 0 Å². The maximum absolute atomic E-state index is 12.5. The van der Waals surface area contributed by atoms with Gasteiger partial charge in [0.25, 0.3) is 0 Å². The average Bonchev–Trinajstić information content (AvgIpc) is 3.29. The number of aliphatic hydroxyl groups is 1. The largest absolute Gasteiger partial charge is 0.385 e. The van der Waals surface area contributed by atoms with Gasteiger partial charge in [0.2, 0.25) is 0 Å². The molecule has 0 radical (unpaired) electrons. The summed E-state index contributed by atoms with van der Waals surface area (Å²) in [6.07, 6.45) is 4.45. The highest BCUT2D eigenvalue weighted by atomic mass is 32.1. The highest BCUT2D eigenvalue weighted by molar-refractivity contribution is 7.16. The average molecular weight is 371 g/mol. The summed E-state index contributed by atoms with van der Waals surface area (Å²) in [5, 5.41) is 13.5. The van der Waals surface area contributed by atoms with Gasteiger partial charge in [-0.3, -0.25) is 0 Å². The fourth-order valence-electron chi connectivity index (χ4n) is 3.43. The molecule has 26 heavy (non-hydrogen) atoms. The van der Waals surface area contributed by atoms with Crippen molar-refractivity contribution in [1.29, 1.82) is 0 Å². The minimum atomic E-state index is -0.590. The van der Waals surface area contributed by atoms with Gasteiger partial charge in [0.05, 0.1) is 15.7 Å². The van der Waals surface area contributed by atoms with E-state index >= 15 is 0 Å². The normalized spacial score (nSPS) is 16.8. The van der Waals surface area contributed by atoms with E-state index in [-0.39, 0.29) is 11.9 Å². The van der Waals surface area contributed by atoms with Crippen LogP contribution in [0.1, 0.15) is 24.8 Å². The standard InChI is InChI=1S/C18H21N5O2S/c1-22-9-6-19-17(22)16(24)12-4-7-23(8-5-12)18(25)21-13-2-3-15-14(10-13)20-11-26-15/h2-3,6,9-12,16,24H,4-5,7-8H2,1H3,(H,21,25)/t16-/m0/s1. The number of carbonyl (C=O) groups is 1. The number of aromatic nitrogens is 3. The zero-order chi connectivity index (χ0) is 18.1. The molecule has 4 rings (SSSR count). The van der Waals surface area contributed by atoms with Crippen molar-refractivity contribution in [2.24, 2.45) is 13.0 Å². The Hall–Kier alpha value is -2.45. The Morgan fingerprint density at radius 1 is 1.35 bits per heavy atom. The van der Waals surface area contributed by atoms with Gasteiger partial charge in [-0.25, -0.2) is 14.8 Å². The van der Waals surface area contributed by atoms with E-state index in [0.717, 1.165) is 28.7 Å². The van der Waals surface area contributed by atoms with E-state index in [1.807, 2.05) is 36.0 Å². The number of hydrogen-bond acceptors (Lipinski definition) is 5. The Balaban J connectivity index is 1.35. The number of aliphatic hydroxyl groups excluding tert-OH is 1.